The van der Waals surface area contributed by atoms with Crippen molar-refractivity contribution in [1.82, 2.24) is 9.97 Å². The molecule has 0 bridgehead atoms. The fraction of sp³-hybridized carbons (Fsp3) is 0.267. The summed E-state index contributed by atoms with van der Waals surface area (Å²) in [5, 5.41) is 0. The fourth-order valence-corrected chi connectivity index (χ4v) is 2.71. The average Bonchev–Trinajstić information content (AvgIpc) is 2.45. The van der Waals surface area contributed by atoms with Crippen LogP contribution in [0, 0.1) is 0 Å². The zero-order chi connectivity index (χ0) is 14.7. The summed E-state index contributed by atoms with van der Waals surface area (Å²) in [7, 11) is 0. The second-order valence-corrected chi connectivity index (χ2v) is 6.24. The van der Waals surface area contributed by atoms with Crippen molar-refractivity contribution in [2.45, 2.75) is 25.7 Å². The first kappa shape index (κ1) is 15.3. The van der Waals surface area contributed by atoms with E-state index < -0.39 is 0 Å². The van der Waals surface area contributed by atoms with Crippen LogP contribution < -0.4 is 0 Å². The van der Waals surface area contributed by atoms with Gasteiger partial charge in [0, 0.05) is 0 Å². The summed E-state index contributed by atoms with van der Waals surface area (Å²) in [6.07, 6.45) is 0. The van der Waals surface area contributed by atoms with E-state index in [0.717, 1.165) is 20.6 Å². The Morgan fingerprint density at radius 1 is 0.900 bits per heavy atom. The van der Waals surface area contributed by atoms with E-state index in [1.165, 1.54) is 0 Å². The Labute approximate surface area is 135 Å². The number of halogens is 2. The van der Waals surface area contributed by atoms with E-state index in [4.69, 9.17) is 0 Å². The number of hydrogen-bond donors (Lipinski definition) is 0. The van der Waals surface area contributed by atoms with Gasteiger partial charge < -0.3 is 0 Å². The maximum atomic E-state index is 12.6. The SMILES string of the molecule is CC(C(=O)C(C)c1cccc(Br)n1)c1cccc(Br)n1. The monoisotopic (exact) mass is 396 g/mol. The summed E-state index contributed by atoms with van der Waals surface area (Å²) in [5.74, 6) is -0.409. The van der Waals surface area contributed by atoms with Gasteiger partial charge in [-0.2, -0.15) is 0 Å². The van der Waals surface area contributed by atoms with Gasteiger partial charge in [0.25, 0.3) is 0 Å². The molecule has 20 heavy (non-hydrogen) atoms. The number of nitrogens with zero attached hydrogens (tertiary/aromatic N) is 2. The van der Waals surface area contributed by atoms with Gasteiger partial charge >= 0.3 is 0 Å². The third-order valence-corrected chi connectivity index (χ3v) is 4.10. The van der Waals surface area contributed by atoms with E-state index in [9.17, 15) is 4.79 Å². The summed E-state index contributed by atoms with van der Waals surface area (Å²) >= 11 is 6.66. The molecule has 2 rings (SSSR count). The first-order valence-corrected chi connectivity index (χ1v) is 7.86. The molecule has 2 aromatic heterocycles. The van der Waals surface area contributed by atoms with Gasteiger partial charge in [0.2, 0.25) is 0 Å². The summed E-state index contributed by atoms with van der Waals surface area (Å²) in [5.41, 5.74) is 1.54. The van der Waals surface area contributed by atoms with Gasteiger partial charge in [-0.05, 0) is 70.0 Å². The molecule has 3 nitrogen and oxygen atoms in total. The van der Waals surface area contributed by atoms with E-state index in [0.29, 0.717) is 0 Å². The van der Waals surface area contributed by atoms with Gasteiger partial charge in [-0.15, -0.1) is 0 Å². The smallest absolute Gasteiger partial charge is 0.150 e. The topological polar surface area (TPSA) is 42.9 Å². The van der Waals surface area contributed by atoms with Crippen molar-refractivity contribution in [3.8, 4) is 0 Å². The van der Waals surface area contributed by atoms with Crippen LogP contribution in [0.3, 0.4) is 0 Å². The lowest BCUT2D eigenvalue weighted by atomic mass is 9.90. The summed E-state index contributed by atoms with van der Waals surface area (Å²) in [6.45, 7) is 3.76. The third-order valence-electron chi connectivity index (χ3n) is 3.21. The van der Waals surface area contributed by atoms with Gasteiger partial charge in [-0.1, -0.05) is 12.1 Å². The number of rotatable bonds is 4. The zero-order valence-electron chi connectivity index (χ0n) is 11.2. The Bertz CT molecular complexity index is 577. The van der Waals surface area contributed by atoms with E-state index in [1.807, 2.05) is 50.2 Å². The number of pyridine rings is 2. The van der Waals surface area contributed by atoms with Crippen LogP contribution in [0.1, 0.15) is 37.1 Å². The van der Waals surface area contributed by atoms with Gasteiger partial charge in [0.1, 0.15) is 15.0 Å². The van der Waals surface area contributed by atoms with E-state index in [2.05, 4.69) is 41.8 Å². The highest BCUT2D eigenvalue weighted by Gasteiger charge is 2.24. The molecule has 0 aliphatic heterocycles. The Hall–Kier alpha value is -1.07. The quantitative estimate of drug-likeness (QED) is 0.714. The molecule has 0 aliphatic rings. The average molecular weight is 398 g/mol. The zero-order valence-corrected chi connectivity index (χ0v) is 14.3. The molecule has 0 aromatic carbocycles. The summed E-state index contributed by atoms with van der Waals surface area (Å²) in [4.78, 5) is 21.3. The second kappa shape index (κ2) is 6.59. The highest BCUT2D eigenvalue weighted by molar-refractivity contribution is 9.10. The Morgan fingerprint density at radius 3 is 1.65 bits per heavy atom. The number of carbonyl (C=O) groups excluding carboxylic acids is 1. The van der Waals surface area contributed by atoms with E-state index in [1.54, 1.807) is 0 Å². The van der Waals surface area contributed by atoms with Crippen LogP contribution in [-0.2, 0) is 4.79 Å². The summed E-state index contributed by atoms with van der Waals surface area (Å²) < 4.78 is 1.48. The lowest BCUT2D eigenvalue weighted by Gasteiger charge is -2.16. The van der Waals surface area contributed by atoms with Crippen LogP contribution in [0.25, 0.3) is 0 Å². The van der Waals surface area contributed by atoms with Crippen molar-refractivity contribution in [1.29, 1.82) is 0 Å². The molecular weight excluding hydrogens is 384 g/mol. The van der Waals surface area contributed by atoms with Crippen LogP contribution in [-0.4, -0.2) is 15.8 Å². The van der Waals surface area contributed by atoms with E-state index >= 15 is 0 Å². The van der Waals surface area contributed by atoms with Gasteiger partial charge in [-0.25, -0.2) is 9.97 Å². The molecule has 0 radical (unpaired) electrons. The van der Waals surface area contributed by atoms with Crippen LogP contribution in [0.2, 0.25) is 0 Å². The van der Waals surface area contributed by atoms with Crippen LogP contribution in [0.5, 0.6) is 0 Å². The van der Waals surface area contributed by atoms with Crippen molar-refractivity contribution in [2.75, 3.05) is 0 Å². The minimum atomic E-state index is -0.261. The minimum absolute atomic E-state index is 0.112. The normalized spacial score (nSPS) is 13.8. The lowest BCUT2D eigenvalue weighted by molar-refractivity contribution is -0.121. The predicted octanol–water partition coefficient (Wildman–Crippen LogP) is 4.48. The van der Waals surface area contributed by atoms with Gasteiger partial charge in [0.15, 0.2) is 0 Å². The Morgan fingerprint density at radius 2 is 1.30 bits per heavy atom. The number of Topliss-reactive ketones (excluding diaryl/α,β-unsaturated/α-hetero) is 1. The maximum absolute atomic E-state index is 12.6. The molecule has 0 N–H and O–H groups in total. The molecule has 2 unspecified atom stereocenters. The third kappa shape index (κ3) is 3.52. The molecule has 2 atom stereocenters. The van der Waals surface area contributed by atoms with E-state index in [-0.39, 0.29) is 17.6 Å². The predicted molar refractivity (Wildman–Crippen MR) is 85.7 cm³/mol. The Balaban J connectivity index is 2.22. The first-order chi connectivity index (χ1) is 9.49. The number of carbonyl (C=O) groups is 1. The number of ketones is 1. The standard InChI is InChI=1S/C15H14Br2N2O/c1-9(11-5-3-7-13(16)18-11)15(20)10(2)12-6-4-8-14(17)19-12/h3-10H,1-2H3. The van der Waals surface area contributed by atoms with Crippen molar-refractivity contribution in [3.63, 3.8) is 0 Å². The first-order valence-electron chi connectivity index (χ1n) is 6.27. The van der Waals surface area contributed by atoms with Gasteiger partial charge in [0.05, 0.1) is 23.2 Å². The van der Waals surface area contributed by atoms with Crippen molar-refractivity contribution in [2.24, 2.45) is 0 Å². The highest BCUT2D eigenvalue weighted by atomic mass is 79.9. The molecule has 0 spiro atoms. The van der Waals surface area contributed by atoms with Crippen LogP contribution >= 0.6 is 31.9 Å². The molecule has 0 amide bonds. The fourth-order valence-electron chi connectivity index (χ4n) is 2.00. The molecule has 0 fully saturated rings. The minimum Gasteiger partial charge on any atom is -0.298 e. The lowest BCUT2D eigenvalue weighted by Crippen LogP contribution is -2.18. The molecule has 104 valence electrons. The molecular formula is C15H14Br2N2O. The van der Waals surface area contributed by atoms with Crippen molar-refractivity contribution >= 4 is 37.6 Å². The van der Waals surface area contributed by atoms with Gasteiger partial charge in [-0.3, -0.25) is 4.79 Å². The largest absolute Gasteiger partial charge is 0.298 e. The molecule has 2 aromatic rings. The molecule has 5 heteroatoms. The van der Waals surface area contributed by atoms with Crippen LogP contribution in [0.15, 0.2) is 45.6 Å². The van der Waals surface area contributed by atoms with Crippen molar-refractivity contribution in [3.05, 3.63) is 57.0 Å². The molecule has 2 heterocycles. The van der Waals surface area contributed by atoms with Crippen LogP contribution in [0.4, 0.5) is 0 Å². The second-order valence-electron chi connectivity index (χ2n) is 4.62. The maximum Gasteiger partial charge on any atom is 0.150 e. The van der Waals surface area contributed by atoms with Crippen molar-refractivity contribution < 1.29 is 4.79 Å². The summed E-state index contributed by atoms with van der Waals surface area (Å²) in [6, 6.07) is 11.2. The number of hydrogen-bond acceptors (Lipinski definition) is 3. The Kier molecular flexibility index (Phi) is 5.05. The highest BCUT2D eigenvalue weighted by Crippen LogP contribution is 2.25. The molecule has 0 aliphatic carbocycles. The number of aromatic nitrogens is 2. The molecule has 0 saturated heterocycles. The molecule has 0 saturated carbocycles.